The van der Waals surface area contributed by atoms with Gasteiger partial charge >= 0.3 is 5.97 Å². The summed E-state index contributed by atoms with van der Waals surface area (Å²) in [6.07, 6.45) is 3.23. The second kappa shape index (κ2) is 4.09. The van der Waals surface area contributed by atoms with Gasteiger partial charge in [0.15, 0.2) is 0 Å². The summed E-state index contributed by atoms with van der Waals surface area (Å²) in [6, 6.07) is 1.87. The summed E-state index contributed by atoms with van der Waals surface area (Å²) in [6.45, 7) is 7.72. The number of ether oxygens (including phenoxy) is 1. The van der Waals surface area contributed by atoms with E-state index >= 15 is 0 Å². The van der Waals surface area contributed by atoms with Gasteiger partial charge in [-0.2, -0.15) is 0 Å². The number of nitrogens with zero attached hydrogens (tertiary/aromatic N) is 2. The van der Waals surface area contributed by atoms with Crippen LogP contribution in [0.5, 0.6) is 0 Å². The minimum Gasteiger partial charge on any atom is -0.460 e. The molecule has 0 bridgehead atoms. The number of esters is 1. The molecule has 1 aromatic rings. The second-order valence-corrected chi connectivity index (χ2v) is 5.58. The van der Waals surface area contributed by atoms with Crippen molar-refractivity contribution in [2.75, 3.05) is 0 Å². The van der Waals surface area contributed by atoms with E-state index in [1.807, 2.05) is 26.8 Å². The van der Waals surface area contributed by atoms with Gasteiger partial charge in [0.25, 0.3) is 0 Å². The summed E-state index contributed by atoms with van der Waals surface area (Å²) in [5.74, 6) is 0.324. The molecule has 0 unspecified atom stereocenters. The minimum atomic E-state index is -0.421. The molecule has 0 saturated heterocycles. The van der Waals surface area contributed by atoms with Crippen LogP contribution in [0.4, 0.5) is 0 Å². The monoisotopic (exact) mass is 234 g/mol. The molecule has 92 valence electrons. The highest BCUT2D eigenvalue weighted by Gasteiger charge is 2.54. The molecule has 1 fully saturated rings. The van der Waals surface area contributed by atoms with Crippen molar-refractivity contribution in [2.24, 2.45) is 11.8 Å². The fourth-order valence-electron chi connectivity index (χ4n) is 2.15. The van der Waals surface area contributed by atoms with E-state index in [1.54, 1.807) is 6.20 Å². The molecule has 17 heavy (non-hydrogen) atoms. The minimum absolute atomic E-state index is 0.0517. The molecule has 2 rings (SSSR count). The smallest absolute Gasteiger partial charge is 0.310 e. The van der Waals surface area contributed by atoms with E-state index in [2.05, 4.69) is 16.9 Å². The van der Waals surface area contributed by atoms with Crippen molar-refractivity contribution in [3.8, 4) is 0 Å². The van der Waals surface area contributed by atoms with E-state index < -0.39 is 5.60 Å². The van der Waals surface area contributed by atoms with Gasteiger partial charge in [0.05, 0.1) is 5.92 Å². The number of hydrogen-bond acceptors (Lipinski definition) is 4. The Bertz CT molecular complexity index is 411. The third kappa shape index (κ3) is 2.62. The molecule has 0 amide bonds. The van der Waals surface area contributed by atoms with Crippen LogP contribution in [0.2, 0.25) is 0 Å². The molecule has 0 radical (unpaired) electrons. The van der Waals surface area contributed by atoms with E-state index in [4.69, 9.17) is 4.74 Å². The lowest BCUT2D eigenvalue weighted by Gasteiger charge is -2.19. The van der Waals surface area contributed by atoms with Crippen molar-refractivity contribution >= 4 is 5.97 Å². The number of carbonyl (C=O) groups excluding carboxylic acids is 1. The van der Waals surface area contributed by atoms with Gasteiger partial charge in [-0.25, -0.2) is 9.97 Å². The molecule has 4 heteroatoms. The number of rotatable bonds is 2. The lowest BCUT2D eigenvalue weighted by atomic mass is 10.2. The average Bonchev–Trinajstić information content (AvgIpc) is 2.89. The molecular weight excluding hydrogens is 216 g/mol. The predicted molar refractivity (Wildman–Crippen MR) is 63.3 cm³/mol. The second-order valence-electron chi connectivity index (χ2n) is 5.58. The summed E-state index contributed by atoms with van der Waals surface area (Å²) in [7, 11) is 0. The molecule has 0 spiro atoms. The third-order valence-corrected chi connectivity index (χ3v) is 3.00. The average molecular weight is 234 g/mol. The molecule has 4 nitrogen and oxygen atoms in total. The van der Waals surface area contributed by atoms with Crippen molar-refractivity contribution in [2.45, 2.75) is 39.2 Å². The Labute approximate surface area is 101 Å². The topological polar surface area (TPSA) is 52.1 Å². The van der Waals surface area contributed by atoms with Crippen LogP contribution in [0.3, 0.4) is 0 Å². The zero-order chi connectivity index (χ0) is 12.6. The summed E-state index contributed by atoms with van der Waals surface area (Å²) in [5.41, 5.74) is 0.513. The normalized spacial score (nSPS) is 27.6. The van der Waals surface area contributed by atoms with Crippen molar-refractivity contribution in [3.63, 3.8) is 0 Å². The maximum atomic E-state index is 11.9. The molecule has 1 aliphatic rings. The van der Waals surface area contributed by atoms with Crippen molar-refractivity contribution in [1.29, 1.82) is 0 Å². The molecule has 1 aromatic heterocycles. The van der Waals surface area contributed by atoms with Gasteiger partial charge in [0.1, 0.15) is 11.9 Å². The van der Waals surface area contributed by atoms with Crippen LogP contribution < -0.4 is 0 Å². The van der Waals surface area contributed by atoms with Crippen LogP contribution in [0.25, 0.3) is 0 Å². The van der Waals surface area contributed by atoms with E-state index in [-0.39, 0.29) is 17.8 Å². The SMILES string of the molecule is C[C@@H]1[C@H](C(=O)OC(C)(C)C)[C@H]1c1ccncn1. The van der Waals surface area contributed by atoms with Gasteiger partial charge < -0.3 is 4.74 Å². The number of hydrogen-bond donors (Lipinski definition) is 0. The summed E-state index contributed by atoms with van der Waals surface area (Å²) < 4.78 is 5.40. The Balaban J connectivity index is 2.04. The Hall–Kier alpha value is -1.45. The van der Waals surface area contributed by atoms with Crippen molar-refractivity contribution in [1.82, 2.24) is 9.97 Å². The Morgan fingerprint density at radius 1 is 1.41 bits per heavy atom. The first-order valence-corrected chi connectivity index (χ1v) is 5.89. The van der Waals surface area contributed by atoms with Crippen LogP contribution in [-0.2, 0) is 9.53 Å². The Morgan fingerprint density at radius 2 is 2.12 bits per heavy atom. The highest BCUT2D eigenvalue weighted by atomic mass is 16.6. The van der Waals surface area contributed by atoms with Gasteiger partial charge in [-0.05, 0) is 32.8 Å². The summed E-state index contributed by atoms with van der Waals surface area (Å²) in [5, 5.41) is 0. The maximum Gasteiger partial charge on any atom is 0.310 e. The van der Waals surface area contributed by atoms with E-state index in [1.165, 1.54) is 6.33 Å². The quantitative estimate of drug-likeness (QED) is 0.736. The van der Waals surface area contributed by atoms with Crippen LogP contribution >= 0.6 is 0 Å². The zero-order valence-corrected chi connectivity index (χ0v) is 10.7. The van der Waals surface area contributed by atoms with E-state index in [9.17, 15) is 4.79 Å². The molecule has 0 aromatic carbocycles. The van der Waals surface area contributed by atoms with Gasteiger partial charge in [0.2, 0.25) is 0 Å². The first-order chi connectivity index (χ1) is 7.90. The molecule has 3 atom stereocenters. The Morgan fingerprint density at radius 3 is 2.65 bits per heavy atom. The van der Waals surface area contributed by atoms with E-state index in [0.717, 1.165) is 5.69 Å². The highest BCUT2D eigenvalue weighted by molar-refractivity contribution is 5.78. The first-order valence-electron chi connectivity index (χ1n) is 5.89. The molecule has 1 saturated carbocycles. The van der Waals surface area contributed by atoms with Crippen LogP contribution in [0.1, 0.15) is 39.3 Å². The molecule has 0 N–H and O–H groups in total. The predicted octanol–water partition coefficient (Wildman–Crippen LogP) is 2.17. The van der Waals surface area contributed by atoms with Gasteiger partial charge in [-0.1, -0.05) is 6.92 Å². The number of carbonyl (C=O) groups is 1. The van der Waals surface area contributed by atoms with Gasteiger partial charge in [0, 0.05) is 17.8 Å². The van der Waals surface area contributed by atoms with Crippen molar-refractivity contribution < 1.29 is 9.53 Å². The van der Waals surface area contributed by atoms with E-state index in [0.29, 0.717) is 5.92 Å². The lowest BCUT2D eigenvalue weighted by molar-refractivity contribution is -0.156. The van der Waals surface area contributed by atoms with Gasteiger partial charge in [-0.3, -0.25) is 4.79 Å². The fraction of sp³-hybridized carbons (Fsp3) is 0.615. The van der Waals surface area contributed by atoms with Crippen LogP contribution in [0.15, 0.2) is 18.6 Å². The number of aromatic nitrogens is 2. The first kappa shape index (κ1) is 12.0. The Kier molecular flexibility index (Phi) is 2.89. The maximum absolute atomic E-state index is 11.9. The fourth-order valence-corrected chi connectivity index (χ4v) is 2.15. The molecule has 1 heterocycles. The molecular formula is C13H18N2O2. The van der Waals surface area contributed by atoms with Crippen molar-refractivity contribution in [3.05, 3.63) is 24.3 Å². The van der Waals surface area contributed by atoms with Crippen LogP contribution in [-0.4, -0.2) is 21.5 Å². The largest absolute Gasteiger partial charge is 0.460 e. The lowest BCUT2D eigenvalue weighted by Crippen LogP contribution is -2.25. The van der Waals surface area contributed by atoms with Gasteiger partial charge in [-0.15, -0.1) is 0 Å². The zero-order valence-electron chi connectivity index (χ0n) is 10.7. The highest BCUT2D eigenvalue weighted by Crippen LogP contribution is 2.53. The third-order valence-electron chi connectivity index (χ3n) is 3.00. The molecule has 0 aliphatic heterocycles. The standard InChI is InChI=1S/C13H18N2O2/c1-8-10(9-5-6-14-7-15-9)11(8)12(16)17-13(2,3)4/h5-8,10-11H,1-4H3/t8-,10+,11-/m0/s1. The summed E-state index contributed by atoms with van der Waals surface area (Å²) >= 11 is 0. The van der Waals surface area contributed by atoms with Crippen LogP contribution in [0, 0.1) is 11.8 Å². The summed E-state index contributed by atoms with van der Waals surface area (Å²) in [4.78, 5) is 20.0. The molecule has 1 aliphatic carbocycles.